The van der Waals surface area contributed by atoms with E-state index in [2.05, 4.69) is 11.6 Å². The fourth-order valence-corrected chi connectivity index (χ4v) is 7.51. The van der Waals surface area contributed by atoms with Gasteiger partial charge in [0.25, 0.3) is 10.0 Å². The van der Waals surface area contributed by atoms with Crippen LogP contribution < -0.4 is 4.74 Å². The minimum atomic E-state index is -4.22. The zero-order valence-corrected chi connectivity index (χ0v) is 28.8. The number of hydrogen-bond acceptors (Lipinski definition) is 10. The fraction of sp³-hybridized carbons (Fsp3) is 0.229. The van der Waals surface area contributed by atoms with Gasteiger partial charge in [-0.25, -0.2) is 17.4 Å². The van der Waals surface area contributed by atoms with Gasteiger partial charge in [-0.3, -0.25) is 14.2 Å². The second-order valence-corrected chi connectivity index (χ2v) is 13.7. The van der Waals surface area contributed by atoms with Crippen molar-refractivity contribution in [3.8, 4) is 5.75 Å². The highest BCUT2D eigenvalue weighted by Gasteiger charge is 2.31. The van der Waals surface area contributed by atoms with E-state index in [0.29, 0.717) is 27.4 Å². The van der Waals surface area contributed by atoms with E-state index in [0.717, 1.165) is 14.4 Å². The molecule has 0 spiro atoms. The molecule has 0 aliphatic heterocycles. The molecule has 0 saturated carbocycles. The molecule has 250 valence electrons. The van der Waals surface area contributed by atoms with E-state index < -0.39 is 28.1 Å². The Kier molecular flexibility index (Phi) is 10.4. The van der Waals surface area contributed by atoms with Crippen molar-refractivity contribution >= 4 is 50.2 Å². The maximum atomic E-state index is 14.3. The van der Waals surface area contributed by atoms with Crippen molar-refractivity contribution in [3.63, 3.8) is 0 Å². The van der Waals surface area contributed by atoms with Crippen LogP contribution in [0.2, 0.25) is 0 Å². The summed E-state index contributed by atoms with van der Waals surface area (Å²) < 4.78 is 53.7. The lowest BCUT2D eigenvalue weighted by molar-refractivity contribution is -0.156. The molecule has 1 atom stereocenters. The first-order chi connectivity index (χ1) is 23.0. The molecule has 0 radical (unpaired) electrons. The molecule has 0 aliphatic carbocycles. The molecule has 0 bridgehead atoms. The van der Waals surface area contributed by atoms with Crippen LogP contribution in [0.25, 0.3) is 16.5 Å². The highest BCUT2D eigenvalue weighted by Crippen LogP contribution is 2.42. The van der Waals surface area contributed by atoms with Gasteiger partial charge < -0.3 is 18.9 Å². The van der Waals surface area contributed by atoms with Gasteiger partial charge in [0.05, 0.1) is 23.9 Å². The van der Waals surface area contributed by atoms with Crippen molar-refractivity contribution in [1.82, 2.24) is 13.5 Å². The minimum absolute atomic E-state index is 0.0348. The Hall–Kier alpha value is -4.85. The molecule has 2 aromatic heterocycles. The molecule has 3 aromatic carbocycles. The molecule has 0 saturated heterocycles. The number of aryl methyl sites for hydroxylation is 1. The summed E-state index contributed by atoms with van der Waals surface area (Å²) in [5.74, 6) is -1.01. The molecule has 5 aromatic rings. The first-order valence-corrected chi connectivity index (χ1v) is 17.0. The molecular weight excluding hydrogens is 655 g/mol. The van der Waals surface area contributed by atoms with Gasteiger partial charge in [-0.05, 0) is 48.9 Å². The SMILES string of the molecule is C=C(c1ccc(OC)c2c1c(C(COC(C)=O)OC(C)=O)cn2S(=O)(=O)c1ccc(C)cc1)c1cnc(Sc2ccccc2)n1COC. The van der Waals surface area contributed by atoms with Crippen molar-refractivity contribution in [2.24, 2.45) is 0 Å². The normalized spacial score (nSPS) is 12.1. The Balaban J connectivity index is 1.78. The van der Waals surface area contributed by atoms with Crippen LogP contribution in [0.4, 0.5) is 0 Å². The summed E-state index contributed by atoms with van der Waals surface area (Å²) in [6, 6.07) is 19.6. The summed E-state index contributed by atoms with van der Waals surface area (Å²) in [5.41, 5.74) is 2.93. The second-order valence-electron chi connectivity index (χ2n) is 10.8. The topological polar surface area (TPSA) is 128 Å². The molecule has 48 heavy (non-hydrogen) atoms. The summed E-state index contributed by atoms with van der Waals surface area (Å²) in [7, 11) is -1.22. The van der Waals surface area contributed by atoms with E-state index in [1.165, 1.54) is 51.0 Å². The van der Waals surface area contributed by atoms with E-state index >= 15 is 0 Å². The summed E-state index contributed by atoms with van der Waals surface area (Å²) >= 11 is 1.45. The standard InChI is InChI=1S/C35H35N3O8S2/c1-22-12-14-27(15-13-22)48(41,42)38-19-29(32(46-25(4)40)20-45-24(3)39)33-28(16-17-31(44-6)34(33)38)23(2)30-18-36-35(37(30)21-43-5)47-26-10-8-7-9-11-26/h7-19,32H,2,20-21H2,1,3-6H3. The number of rotatable bonds is 13. The third-order valence-electron chi connectivity index (χ3n) is 7.46. The van der Waals surface area contributed by atoms with Crippen LogP contribution in [0.5, 0.6) is 5.75 Å². The number of carbonyl (C=O) groups excluding carboxylic acids is 2. The first-order valence-electron chi connectivity index (χ1n) is 14.8. The summed E-state index contributed by atoms with van der Waals surface area (Å²) in [4.78, 5) is 29.9. The Morgan fingerprint density at radius 1 is 0.979 bits per heavy atom. The van der Waals surface area contributed by atoms with Crippen LogP contribution >= 0.6 is 11.8 Å². The van der Waals surface area contributed by atoms with Crippen LogP contribution in [0.3, 0.4) is 0 Å². The van der Waals surface area contributed by atoms with Gasteiger partial charge in [0, 0.05) is 48.6 Å². The van der Waals surface area contributed by atoms with Crippen LogP contribution in [0, 0.1) is 6.92 Å². The third kappa shape index (κ3) is 7.03. The maximum Gasteiger partial charge on any atom is 0.303 e. The Bertz CT molecular complexity index is 2090. The number of imidazole rings is 1. The first kappa shape index (κ1) is 34.5. The highest BCUT2D eigenvalue weighted by atomic mass is 32.2. The van der Waals surface area contributed by atoms with Crippen molar-refractivity contribution < 1.29 is 37.0 Å². The quantitative estimate of drug-likeness (QED) is 0.129. The summed E-state index contributed by atoms with van der Waals surface area (Å²) in [6.07, 6.45) is 1.87. The monoisotopic (exact) mass is 689 g/mol. The van der Waals surface area contributed by atoms with Crippen molar-refractivity contribution in [1.29, 1.82) is 0 Å². The predicted octanol–water partition coefficient (Wildman–Crippen LogP) is 6.38. The van der Waals surface area contributed by atoms with E-state index in [9.17, 15) is 18.0 Å². The van der Waals surface area contributed by atoms with Gasteiger partial charge in [-0.15, -0.1) is 0 Å². The van der Waals surface area contributed by atoms with Gasteiger partial charge in [0.15, 0.2) is 11.3 Å². The van der Waals surface area contributed by atoms with E-state index in [4.69, 9.17) is 18.9 Å². The van der Waals surface area contributed by atoms with Gasteiger partial charge >= 0.3 is 11.9 Å². The van der Waals surface area contributed by atoms with Gasteiger partial charge in [0.1, 0.15) is 24.6 Å². The van der Waals surface area contributed by atoms with E-state index in [-0.39, 0.29) is 35.1 Å². The molecule has 11 nitrogen and oxygen atoms in total. The molecule has 5 rings (SSSR count). The number of ether oxygens (including phenoxy) is 4. The smallest absolute Gasteiger partial charge is 0.303 e. The molecule has 0 fully saturated rings. The number of carbonyl (C=O) groups is 2. The van der Waals surface area contributed by atoms with Crippen molar-refractivity contribution in [2.45, 2.75) is 48.6 Å². The van der Waals surface area contributed by atoms with Crippen molar-refractivity contribution in [3.05, 3.63) is 108 Å². The minimum Gasteiger partial charge on any atom is -0.495 e. The molecular formula is C35H35N3O8S2. The number of methoxy groups -OCH3 is 2. The third-order valence-corrected chi connectivity index (χ3v) is 10.2. The zero-order valence-electron chi connectivity index (χ0n) is 27.1. The van der Waals surface area contributed by atoms with Crippen LogP contribution in [-0.2, 0) is 40.6 Å². The lowest BCUT2D eigenvalue weighted by Crippen LogP contribution is -2.17. The zero-order chi connectivity index (χ0) is 34.6. The second kappa shape index (κ2) is 14.5. The Morgan fingerprint density at radius 2 is 1.69 bits per heavy atom. The summed E-state index contributed by atoms with van der Waals surface area (Å²) in [5, 5.41) is 1.02. The molecule has 1 unspecified atom stereocenters. The van der Waals surface area contributed by atoms with Gasteiger partial charge in [-0.1, -0.05) is 54.2 Å². The van der Waals surface area contributed by atoms with Gasteiger partial charge in [0.2, 0.25) is 0 Å². The summed E-state index contributed by atoms with van der Waals surface area (Å²) in [6.45, 7) is 8.52. The molecule has 2 heterocycles. The fourth-order valence-electron chi connectivity index (χ4n) is 5.26. The van der Waals surface area contributed by atoms with Crippen LogP contribution in [-0.4, -0.2) is 54.7 Å². The molecule has 0 N–H and O–H groups in total. The molecule has 0 aliphatic rings. The predicted molar refractivity (Wildman–Crippen MR) is 181 cm³/mol. The average Bonchev–Trinajstić information content (AvgIpc) is 3.65. The van der Waals surface area contributed by atoms with Gasteiger partial charge in [-0.2, -0.15) is 0 Å². The lowest BCUT2D eigenvalue weighted by atomic mass is 9.96. The number of nitrogens with zero attached hydrogens (tertiary/aromatic N) is 3. The Labute approximate surface area is 283 Å². The number of benzene rings is 3. The maximum absolute atomic E-state index is 14.3. The van der Waals surface area contributed by atoms with E-state index in [1.54, 1.807) is 37.6 Å². The number of aromatic nitrogens is 3. The van der Waals surface area contributed by atoms with E-state index in [1.807, 2.05) is 41.8 Å². The lowest BCUT2D eigenvalue weighted by Gasteiger charge is -2.19. The largest absolute Gasteiger partial charge is 0.495 e. The number of esters is 2. The Morgan fingerprint density at radius 3 is 2.31 bits per heavy atom. The number of fused-ring (bicyclic) bond motifs is 1. The van der Waals surface area contributed by atoms with Crippen LogP contribution in [0.15, 0.2) is 101 Å². The average molecular weight is 690 g/mol. The van der Waals surface area contributed by atoms with Crippen LogP contribution in [0.1, 0.15) is 42.3 Å². The van der Waals surface area contributed by atoms with Crippen molar-refractivity contribution in [2.75, 3.05) is 20.8 Å². The number of hydrogen-bond donors (Lipinski definition) is 0. The highest BCUT2D eigenvalue weighted by molar-refractivity contribution is 7.99. The molecule has 0 amide bonds. The molecule has 13 heteroatoms.